The fourth-order valence-corrected chi connectivity index (χ4v) is 1.33. The highest BCUT2D eigenvalue weighted by atomic mass is 16.4. The van der Waals surface area contributed by atoms with E-state index in [0.717, 1.165) is 0 Å². The molecule has 0 saturated heterocycles. The summed E-state index contributed by atoms with van der Waals surface area (Å²) in [5.74, 6) is 0.173. The highest BCUT2D eigenvalue weighted by Crippen LogP contribution is 2.31. The van der Waals surface area contributed by atoms with Gasteiger partial charge in [-0.05, 0) is 0 Å². The summed E-state index contributed by atoms with van der Waals surface area (Å²) in [5.41, 5.74) is 3.61. The number of carbonyl (C=O) groups is 1. The minimum Gasteiger partial charge on any atom is -0.480 e. The first-order chi connectivity index (χ1) is 5.50. The normalized spacial score (nSPS) is 34.8. The molecule has 0 radical (unpaired) electrons. The van der Waals surface area contributed by atoms with Crippen molar-refractivity contribution in [2.24, 2.45) is 5.73 Å². The molecule has 0 spiro atoms. The lowest BCUT2D eigenvalue weighted by Crippen LogP contribution is -2.47. The standard InChI is InChI=1S/C7H9NO4/c8-7(6(11)12)2-5(10)1-4(7)3-9/h5,10H,1-2,8H2,(H,11,12). The van der Waals surface area contributed by atoms with Crippen LogP contribution in [0.5, 0.6) is 0 Å². The Balaban J connectivity index is 3.05. The first-order valence-corrected chi connectivity index (χ1v) is 3.45. The monoisotopic (exact) mass is 171 g/mol. The molecule has 0 aliphatic heterocycles. The largest absolute Gasteiger partial charge is 0.480 e. The quantitative estimate of drug-likeness (QED) is 0.425. The van der Waals surface area contributed by atoms with Crippen LogP contribution >= 0.6 is 0 Å². The molecule has 2 unspecified atom stereocenters. The van der Waals surface area contributed by atoms with Gasteiger partial charge in [-0.15, -0.1) is 0 Å². The van der Waals surface area contributed by atoms with E-state index in [-0.39, 0.29) is 18.4 Å². The van der Waals surface area contributed by atoms with Crippen molar-refractivity contribution in [1.82, 2.24) is 0 Å². The number of aliphatic hydroxyl groups is 1. The van der Waals surface area contributed by atoms with E-state index >= 15 is 0 Å². The molecule has 1 aliphatic rings. The molecule has 5 heteroatoms. The van der Waals surface area contributed by atoms with Crippen molar-refractivity contribution in [3.63, 3.8) is 0 Å². The van der Waals surface area contributed by atoms with Crippen molar-refractivity contribution >= 4 is 11.9 Å². The van der Waals surface area contributed by atoms with Gasteiger partial charge in [0.05, 0.1) is 6.10 Å². The van der Waals surface area contributed by atoms with E-state index in [2.05, 4.69) is 0 Å². The number of aliphatic carboxylic acids is 1. The summed E-state index contributed by atoms with van der Waals surface area (Å²) in [6.45, 7) is 0. The molecular formula is C7H9NO4. The molecule has 12 heavy (non-hydrogen) atoms. The average molecular weight is 171 g/mol. The topological polar surface area (TPSA) is 101 Å². The van der Waals surface area contributed by atoms with Crippen LogP contribution in [0.4, 0.5) is 0 Å². The predicted molar refractivity (Wildman–Crippen MR) is 39.0 cm³/mol. The fourth-order valence-electron chi connectivity index (χ4n) is 1.33. The fraction of sp³-hybridized carbons (Fsp3) is 0.571. The van der Waals surface area contributed by atoms with Gasteiger partial charge in [0, 0.05) is 18.4 Å². The Labute approximate surface area is 68.5 Å². The number of aliphatic hydroxyl groups excluding tert-OH is 1. The van der Waals surface area contributed by atoms with Crippen molar-refractivity contribution in [1.29, 1.82) is 0 Å². The zero-order valence-corrected chi connectivity index (χ0v) is 6.28. The van der Waals surface area contributed by atoms with E-state index in [1.165, 1.54) is 5.94 Å². The summed E-state index contributed by atoms with van der Waals surface area (Å²) < 4.78 is 0. The third-order valence-electron chi connectivity index (χ3n) is 2.04. The van der Waals surface area contributed by atoms with Gasteiger partial charge in [0.1, 0.15) is 11.5 Å². The van der Waals surface area contributed by atoms with Crippen LogP contribution in [0.25, 0.3) is 0 Å². The number of carboxylic acids is 1. The number of carbonyl (C=O) groups excluding carboxylic acids is 1. The SMILES string of the molecule is NC1(C(=O)O)CC(O)CC1=C=O. The van der Waals surface area contributed by atoms with Crippen molar-refractivity contribution in [2.75, 3.05) is 0 Å². The van der Waals surface area contributed by atoms with E-state index in [9.17, 15) is 9.59 Å². The van der Waals surface area contributed by atoms with Crippen LogP contribution in [0, 0.1) is 0 Å². The summed E-state index contributed by atoms with van der Waals surface area (Å²) in [6.07, 6.45) is -0.957. The molecule has 0 aromatic heterocycles. The van der Waals surface area contributed by atoms with Crippen molar-refractivity contribution in [3.8, 4) is 0 Å². The molecule has 4 N–H and O–H groups in total. The van der Waals surface area contributed by atoms with E-state index in [4.69, 9.17) is 15.9 Å². The molecule has 2 atom stereocenters. The second-order valence-electron chi connectivity index (χ2n) is 2.92. The van der Waals surface area contributed by atoms with Gasteiger partial charge in [-0.2, -0.15) is 0 Å². The summed E-state index contributed by atoms with van der Waals surface area (Å²) >= 11 is 0. The lowest BCUT2D eigenvalue weighted by atomic mass is 9.95. The third kappa shape index (κ3) is 1.14. The van der Waals surface area contributed by atoms with Crippen LogP contribution in [0.15, 0.2) is 5.57 Å². The molecule has 0 bridgehead atoms. The number of hydrogen-bond donors (Lipinski definition) is 3. The smallest absolute Gasteiger partial charge is 0.328 e. The van der Waals surface area contributed by atoms with Crippen LogP contribution in [0.3, 0.4) is 0 Å². The Morgan fingerprint density at radius 2 is 2.33 bits per heavy atom. The minimum atomic E-state index is -1.71. The Kier molecular flexibility index (Phi) is 2.02. The first-order valence-electron chi connectivity index (χ1n) is 3.45. The molecule has 0 aromatic carbocycles. The molecule has 1 saturated carbocycles. The van der Waals surface area contributed by atoms with Gasteiger partial charge < -0.3 is 15.9 Å². The zero-order valence-electron chi connectivity index (χ0n) is 6.28. The lowest BCUT2D eigenvalue weighted by Gasteiger charge is -2.16. The summed E-state index contributed by atoms with van der Waals surface area (Å²) in [6, 6.07) is 0. The van der Waals surface area contributed by atoms with E-state index in [1.807, 2.05) is 0 Å². The van der Waals surface area contributed by atoms with E-state index in [1.54, 1.807) is 0 Å². The van der Waals surface area contributed by atoms with Crippen LogP contribution in [0.1, 0.15) is 12.8 Å². The number of carboxylic acid groups (broad SMARTS) is 1. The Morgan fingerprint density at radius 1 is 1.75 bits per heavy atom. The first kappa shape index (κ1) is 8.93. The molecule has 0 amide bonds. The number of hydrogen-bond acceptors (Lipinski definition) is 4. The summed E-state index contributed by atoms with van der Waals surface area (Å²) in [7, 11) is 0. The molecule has 1 aliphatic carbocycles. The molecule has 5 nitrogen and oxygen atoms in total. The number of rotatable bonds is 1. The van der Waals surface area contributed by atoms with Gasteiger partial charge in [-0.3, -0.25) is 0 Å². The third-order valence-corrected chi connectivity index (χ3v) is 2.04. The van der Waals surface area contributed by atoms with E-state index in [0.29, 0.717) is 0 Å². The van der Waals surface area contributed by atoms with Crippen molar-refractivity contribution in [3.05, 3.63) is 5.57 Å². The summed E-state index contributed by atoms with van der Waals surface area (Å²) in [4.78, 5) is 20.9. The molecule has 0 heterocycles. The van der Waals surface area contributed by atoms with Gasteiger partial charge in [-0.25, -0.2) is 9.59 Å². The lowest BCUT2D eigenvalue weighted by molar-refractivity contribution is -0.141. The molecule has 66 valence electrons. The van der Waals surface area contributed by atoms with Gasteiger partial charge in [0.15, 0.2) is 0 Å². The molecule has 0 aromatic rings. The van der Waals surface area contributed by atoms with Gasteiger partial charge in [0.25, 0.3) is 0 Å². The van der Waals surface area contributed by atoms with Crippen LogP contribution in [0.2, 0.25) is 0 Å². The molecular weight excluding hydrogens is 162 g/mol. The molecule has 1 rings (SSSR count). The predicted octanol–water partition coefficient (Wildman–Crippen LogP) is -1.32. The maximum atomic E-state index is 10.6. The summed E-state index contributed by atoms with van der Waals surface area (Å²) in [5, 5.41) is 17.7. The highest BCUT2D eigenvalue weighted by Gasteiger charge is 2.47. The van der Waals surface area contributed by atoms with Crippen molar-refractivity contribution in [2.45, 2.75) is 24.5 Å². The van der Waals surface area contributed by atoms with Gasteiger partial charge >= 0.3 is 5.97 Å². The Morgan fingerprint density at radius 3 is 2.67 bits per heavy atom. The van der Waals surface area contributed by atoms with Gasteiger partial charge in [-0.1, -0.05) is 0 Å². The van der Waals surface area contributed by atoms with Crippen LogP contribution in [-0.4, -0.2) is 33.8 Å². The maximum Gasteiger partial charge on any atom is 0.328 e. The van der Waals surface area contributed by atoms with Crippen LogP contribution in [-0.2, 0) is 9.59 Å². The minimum absolute atomic E-state index is 0.00625. The van der Waals surface area contributed by atoms with Crippen molar-refractivity contribution < 1.29 is 19.8 Å². The highest BCUT2D eigenvalue weighted by molar-refractivity contribution is 5.87. The Hall–Kier alpha value is -1.16. The zero-order chi connectivity index (χ0) is 9.35. The Bertz CT molecular complexity index is 269. The average Bonchev–Trinajstić information content (AvgIpc) is 2.27. The van der Waals surface area contributed by atoms with Crippen LogP contribution < -0.4 is 5.73 Å². The molecule has 1 fully saturated rings. The van der Waals surface area contributed by atoms with Gasteiger partial charge in [0.2, 0.25) is 0 Å². The second kappa shape index (κ2) is 2.71. The second-order valence-corrected chi connectivity index (χ2v) is 2.92. The maximum absolute atomic E-state index is 10.6. The van der Waals surface area contributed by atoms with E-state index < -0.39 is 17.6 Å². The number of nitrogens with two attached hydrogens (primary N) is 1.